The Kier molecular flexibility index (Phi) is 5.30. The molecule has 1 aliphatic rings. The highest BCUT2D eigenvalue weighted by atomic mass is 32.1. The summed E-state index contributed by atoms with van der Waals surface area (Å²) in [6.45, 7) is 3.92. The van der Waals surface area contributed by atoms with E-state index in [1.54, 1.807) is 4.90 Å². The molecule has 3 aromatic rings. The molecular weight excluding hydrogens is 366 g/mol. The third-order valence-electron chi connectivity index (χ3n) is 4.37. The van der Waals surface area contributed by atoms with E-state index in [9.17, 15) is 4.79 Å². The molecule has 1 unspecified atom stereocenters. The van der Waals surface area contributed by atoms with Gasteiger partial charge in [0, 0.05) is 6.61 Å². The zero-order chi connectivity index (χ0) is 18.6. The molecule has 2 aromatic heterocycles. The van der Waals surface area contributed by atoms with E-state index >= 15 is 0 Å². The summed E-state index contributed by atoms with van der Waals surface area (Å²) in [4.78, 5) is 23.3. The third kappa shape index (κ3) is 4.09. The number of rotatable bonds is 7. The van der Waals surface area contributed by atoms with Crippen molar-refractivity contribution in [2.75, 3.05) is 24.7 Å². The molecule has 0 aliphatic carbocycles. The van der Waals surface area contributed by atoms with Crippen molar-refractivity contribution in [1.29, 1.82) is 0 Å². The first-order valence-corrected chi connectivity index (χ1v) is 9.82. The molecular formula is C18H21N5O3S. The number of hydrogen-bond donors (Lipinski definition) is 0. The normalized spacial score (nSPS) is 16.7. The highest BCUT2D eigenvalue weighted by molar-refractivity contribution is 7.22. The maximum Gasteiger partial charge on any atom is 0.250 e. The van der Waals surface area contributed by atoms with Gasteiger partial charge in [-0.15, -0.1) is 0 Å². The fourth-order valence-corrected chi connectivity index (χ4v) is 4.10. The predicted molar refractivity (Wildman–Crippen MR) is 102 cm³/mol. The number of carbonyl (C=O) groups is 1. The van der Waals surface area contributed by atoms with Crippen LogP contribution >= 0.6 is 11.3 Å². The summed E-state index contributed by atoms with van der Waals surface area (Å²) >= 11 is 1.48. The minimum absolute atomic E-state index is 0.0377. The van der Waals surface area contributed by atoms with Gasteiger partial charge in [0.05, 0.1) is 29.5 Å². The Balaban J connectivity index is 1.62. The second-order valence-electron chi connectivity index (χ2n) is 6.29. The molecule has 1 aromatic carbocycles. The van der Waals surface area contributed by atoms with Crippen molar-refractivity contribution in [2.24, 2.45) is 0 Å². The Labute approximate surface area is 160 Å². The van der Waals surface area contributed by atoms with Crippen LogP contribution in [0.1, 0.15) is 19.8 Å². The molecule has 1 fully saturated rings. The average molecular weight is 387 g/mol. The number of benzene rings is 1. The molecule has 0 N–H and O–H groups in total. The minimum atomic E-state index is -0.0833. The Morgan fingerprint density at radius 3 is 3.15 bits per heavy atom. The van der Waals surface area contributed by atoms with Gasteiger partial charge in [0.1, 0.15) is 24.9 Å². The second-order valence-corrected chi connectivity index (χ2v) is 7.30. The van der Waals surface area contributed by atoms with Gasteiger partial charge >= 0.3 is 0 Å². The fraction of sp³-hybridized carbons (Fsp3) is 0.444. The summed E-state index contributed by atoms with van der Waals surface area (Å²) in [5.74, 6) is 0.722. The van der Waals surface area contributed by atoms with Crippen molar-refractivity contribution in [1.82, 2.24) is 19.7 Å². The first-order valence-electron chi connectivity index (χ1n) is 9.00. The second kappa shape index (κ2) is 8.01. The zero-order valence-corrected chi connectivity index (χ0v) is 15.9. The maximum atomic E-state index is 13.0. The van der Waals surface area contributed by atoms with Gasteiger partial charge in [-0.3, -0.25) is 9.69 Å². The van der Waals surface area contributed by atoms with Crippen LogP contribution in [0.25, 0.3) is 10.2 Å². The van der Waals surface area contributed by atoms with Crippen LogP contribution in [0, 0.1) is 0 Å². The van der Waals surface area contributed by atoms with Crippen LogP contribution in [0.2, 0.25) is 0 Å². The molecule has 27 heavy (non-hydrogen) atoms. The number of nitrogens with zero attached hydrogens (tertiary/aromatic N) is 5. The lowest BCUT2D eigenvalue weighted by Crippen LogP contribution is -2.39. The van der Waals surface area contributed by atoms with E-state index in [-0.39, 0.29) is 18.6 Å². The Morgan fingerprint density at radius 1 is 1.48 bits per heavy atom. The molecule has 8 nitrogen and oxygen atoms in total. The van der Waals surface area contributed by atoms with E-state index in [1.165, 1.54) is 28.7 Å². The molecule has 0 bridgehead atoms. The topological polar surface area (TPSA) is 82.4 Å². The number of aromatic nitrogens is 4. The van der Waals surface area contributed by atoms with Gasteiger partial charge < -0.3 is 9.47 Å². The molecule has 1 saturated heterocycles. The van der Waals surface area contributed by atoms with E-state index in [0.29, 0.717) is 18.3 Å². The molecule has 3 heterocycles. The number of carbonyl (C=O) groups excluding carboxylic acids is 1. The van der Waals surface area contributed by atoms with E-state index in [0.717, 1.165) is 35.4 Å². The molecule has 1 atom stereocenters. The zero-order valence-electron chi connectivity index (χ0n) is 15.1. The van der Waals surface area contributed by atoms with Crippen molar-refractivity contribution in [2.45, 2.75) is 32.4 Å². The first kappa shape index (κ1) is 17.9. The molecule has 0 radical (unpaired) electrons. The molecule has 1 aliphatic heterocycles. The number of hydrogen-bond acceptors (Lipinski definition) is 7. The molecule has 0 saturated carbocycles. The van der Waals surface area contributed by atoms with Crippen LogP contribution in [-0.4, -0.2) is 51.5 Å². The summed E-state index contributed by atoms with van der Waals surface area (Å²) < 4.78 is 13.8. The summed E-state index contributed by atoms with van der Waals surface area (Å²) in [7, 11) is 0. The van der Waals surface area contributed by atoms with Crippen LogP contribution in [-0.2, 0) is 16.1 Å². The van der Waals surface area contributed by atoms with Crippen molar-refractivity contribution in [3.05, 3.63) is 30.9 Å². The first-order chi connectivity index (χ1) is 13.2. The largest absolute Gasteiger partial charge is 0.494 e. The highest BCUT2D eigenvalue weighted by Gasteiger charge is 2.26. The number of ether oxygens (including phenoxy) is 2. The summed E-state index contributed by atoms with van der Waals surface area (Å²) in [6, 6.07) is 5.79. The standard InChI is InChI=1S/C18H21N5O3S/c1-2-25-13-5-6-15-16(8-13)27-18(21-15)23(9-14-4-3-7-26-14)17(24)10-22-12-19-11-20-22/h5-6,8,11-12,14H,2-4,7,9-10H2,1H3. The molecule has 9 heteroatoms. The molecule has 1 amide bonds. The Morgan fingerprint density at radius 2 is 2.41 bits per heavy atom. The van der Waals surface area contributed by atoms with Crippen LogP contribution in [0.5, 0.6) is 5.75 Å². The van der Waals surface area contributed by atoms with Crippen molar-refractivity contribution < 1.29 is 14.3 Å². The predicted octanol–water partition coefficient (Wildman–Crippen LogP) is 2.50. The van der Waals surface area contributed by atoms with Crippen molar-refractivity contribution in [3.8, 4) is 5.75 Å². The van der Waals surface area contributed by atoms with Gasteiger partial charge in [0.25, 0.3) is 5.91 Å². The van der Waals surface area contributed by atoms with Gasteiger partial charge in [-0.05, 0) is 38.0 Å². The smallest absolute Gasteiger partial charge is 0.250 e. The lowest BCUT2D eigenvalue weighted by molar-refractivity contribution is -0.119. The summed E-state index contributed by atoms with van der Waals surface area (Å²) in [6.07, 6.45) is 4.97. The van der Waals surface area contributed by atoms with E-state index in [4.69, 9.17) is 9.47 Å². The lowest BCUT2D eigenvalue weighted by atomic mass is 10.2. The van der Waals surface area contributed by atoms with E-state index in [2.05, 4.69) is 15.1 Å². The quantitative estimate of drug-likeness (QED) is 0.619. The third-order valence-corrected chi connectivity index (χ3v) is 5.41. The molecule has 0 spiro atoms. The molecule has 142 valence electrons. The number of fused-ring (bicyclic) bond motifs is 1. The monoisotopic (exact) mass is 387 g/mol. The van der Waals surface area contributed by atoms with Gasteiger partial charge in [0.2, 0.25) is 0 Å². The SMILES string of the molecule is CCOc1ccc2nc(N(CC3CCCO3)C(=O)Cn3cncn3)sc2c1. The summed E-state index contributed by atoms with van der Waals surface area (Å²) in [5, 5.41) is 4.70. The van der Waals surface area contributed by atoms with Gasteiger partial charge in [0.15, 0.2) is 5.13 Å². The van der Waals surface area contributed by atoms with Crippen LogP contribution in [0.4, 0.5) is 5.13 Å². The highest BCUT2D eigenvalue weighted by Crippen LogP contribution is 2.32. The lowest BCUT2D eigenvalue weighted by Gasteiger charge is -2.22. The van der Waals surface area contributed by atoms with Gasteiger partial charge in [-0.2, -0.15) is 5.10 Å². The number of thiazole rings is 1. The minimum Gasteiger partial charge on any atom is -0.494 e. The van der Waals surface area contributed by atoms with Crippen LogP contribution < -0.4 is 9.64 Å². The molecule has 4 rings (SSSR count). The van der Waals surface area contributed by atoms with Crippen LogP contribution in [0.15, 0.2) is 30.9 Å². The Hall–Kier alpha value is -2.52. The van der Waals surface area contributed by atoms with Gasteiger partial charge in [-0.1, -0.05) is 11.3 Å². The maximum absolute atomic E-state index is 13.0. The summed E-state index contributed by atoms with van der Waals surface area (Å²) in [5.41, 5.74) is 0.851. The Bertz CT molecular complexity index is 905. The number of amides is 1. The van der Waals surface area contributed by atoms with Crippen molar-refractivity contribution >= 4 is 32.6 Å². The fourth-order valence-electron chi connectivity index (χ4n) is 3.08. The van der Waals surface area contributed by atoms with Crippen LogP contribution in [0.3, 0.4) is 0 Å². The average Bonchev–Trinajstić information content (AvgIpc) is 3.41. The van der Waals surface area contributed by atoms with Gasteiger partial charge in [-0.25, -0.2) is 14.6 Å². The van der Waals surface area contributed by atoms with Crippen molar-refractivity contribution in [3.63, 3.8) is 0 Å². The van der Waals surface area contributed by atoms with E-state index in [1.807, 2.05) is 25.1 Å². The van der Waals surface area contributed by atoms with E-state index < -0.39 is 0 Å². The number of anilines is 1.